The number of hydrazine groups is 1. The highest BCUT2D eigenvalue weighted by molar-refractivity contribution is 6.30. The number of carbonyl (C=O) groups is 2. The predicted molar refractivity (Wildman–Crippen MR) is 112 cm³/mol. The third-order valence-electron chi connectivity index (χ3n) is 4.24. The molecule has 0 aliphatic carbocycles. The van der Waals surface area contributed by atoms with Gasteiger partial charge in [-0.3, -0.25) is 20.4 Å². The lowest BCUT2D eigenvalue weighted by atomic mass is 10.1. The van der Waals surface area contributed by atoms with Crippen LogP contribution in [0.15, 0.2) is 83.3 Å². The van der Waals surface area contributed by atoms with Gasteiger partial charge in [0.15, 0.2) is 0 Å². The Morgan fingerprint density at radius 1 is 0.667 bits per heavy atom. The lowest BCUT2D eigenvalue weighted by Crippen LogP contribution is -2.41. The molecule has 30 heavy (non-hydrogen) atoms. The van der Waals surface area contributed by atoms with Crippen molar-refractivity contribution in [2.75, 3.05) is 0 Å². The minimum Gasteiger partial charge on any atom is -0.416 e. The summed E-state index contributed by atoms with van der Waals surface area (Å²) in [6, 6.07) is 22.3. The van der Waals surface area contributed by atoms with Crippen molar-refractivity contribution in [2.45, 2.75) is 0 Å². The van der Waals surface area contributed by atoms with Crippen LogP contribution in [0.3, 0.4) is 0 Å². The van der Waals surface area contributed by atoms with Crippen LogP contribution in [-0.4, -0.2) is 22.0 Å². The second kappa shape index (κ2) is 8.59. The van der Waals surface area contributed by atoms with Gasteiger partial charge >= 0.3 is 0 Å². The van der Waals surface area contributed by atoms with Gasteiger partial charge in [-0.25, -0.2) is 0 Å². The summed E-state index contributed by atoms with van der Waals surface area (Å²) >= 11 is 5.80. The van der Waals surface area contributed by atoms with Crippen molar-refractivity contribution < 1.29 is 14.0 Å². The Bertz CT molecular complexity index is 1170. The van der Waals surface area contributed by atoms with Crippen molar-refractivity contribution in [1.29, 1.82) is 0 Å². The highest BCUT2D eigenvalue weighted by atomic mass is 35.5. The summed E-state index contributed by atoms with van der Waals surface area (Å²) < 4.78 is 5.70. The molecule has 7 nitrogen and oxygen atoms in total. The van der Waals surface area contributed by atoms with Gasteiger partial charge in [-0.1, -0.05) is 29.8 Å². The molecule has 0 aliphatic heterocycles. The Morgan fingerprint density at radius 2 is 1.13 bits per heavy atom. The number of hydrogen-bond acceptors (Lipinski definition) is 5. The zero-order valence-electron chi connectivity index (χ0n) is 15.5. The number of hydrogen-bond donors (Lipinski definition) is 2. The SMILES string of the molecule is O=C(NNC(=O)c1ccc(-c2nnc(-c3ccccc3)o2)cc1)c1ccc(Cl)cc1. The highest BCUT2D eigenvalue weighted by Crippen LogP contribution is 2.23. The van der Waals surface area contributed by atoms with E-state index in [2.05, 4.69) is 21.0 Å². The van der Waals surface area contributed by atoms with Crippen LogP contribution < -0.4 is 10.9 Å². The van der Waals surface area contributed by atoms with Gasteiger partial charge in [-0.2, -0.15) is 0 Å². The van der Waals surface area contributed by atoms with E-state index in [9.17, 15) is 9.59 Å². The second-order valence-corrected chi connectivity index (χ2v) is 6.71. The molecule has 148 valence electrons. The fourth-order valence-electron chi connectivity index (χ4n) is 2.66. The molecule has 1 heterocycles. The van der Waals surface area contributed by atoms with E-state index in [0.29, 0.717) is 33.5 Å². The summed E-state index contributed by atoms with van der Waals surface area (Å²) in [5, 5.41) is 8.63. The highest BCUT2D eigenvalue weighted by Gasteiger charge is 2.12. The van der Waals surface area contributed by atoms with Crippen molar-refractivity contribution in [3.8, 4) is 22.9 Å². The molecule has 0 atom stereocenters. The lowest BCUT2D eigenvalue weighted by Gasteiger charge is -2.07. The Hall–Kier alpha value is -3.97. The minimum absolute atomic E-state index is 0.344. The van der Waals surface area contributed by atoms with E-state index in [1.54, 1.807) is 48.5 Å². The van der Waals surface area contributed by atoms with Gasteiger partial charge in [0.1, 0.15) is 0 Å². The quantitative estimate of drug-likeness (QED) is 0.485. The molecule has 0 unspecified atom stereocenters. The number of nitrogens with one attached hydrogen (secondary N) is 2. The number of benzene rings is 3. The molecule has 0 spiro atoms. The van der Waals surface area contributed by atoms with Crippen molar-refractivity contribution in [3.63, 3.8) is 0 Å². The van der Waals surface area contributed by atoms with E-state index in [-0.39, 0.29) is 0 Å². The number of aromatic nitrogens is 2. The molecule has 4 aromatic rings. The van der Waals surface area contributed by atoms with Gasteiger partial charge in [-0.15, -0.1) is 10.2 Å². The van der Waals surface area contributed by atoms with Gasteiger partial charge in [0.05, 0.1) is 0 Å². The smallest absolute Gasteiger partial charge is 0.269 e. The summed E-state index contributed by atoms with van der Waals surface area (Å²) in [5.41, 5.74) is 6.97. The fraction of sp³-hybridized carbons (Fsp3) is 0. The summed E-state index contributed by atoms with van der Waals surface area (Å²) in [7, 11) is 0. The molecule has 0 bridgehead atoms. The average molecular weight is 419 g/mol. The van der Waals surface area contributed by atoms with Crippen LogP contribution >= 0.6 is 11.6 Å². The summed E-state index contributed by atoms with van der Waals surface area (Å²) in [4.78, 5) is 24.3. The lowest BCUT2D eigenvalue weighted by molar-refractivity contribution is 0.0846. The monoisotopic (exact) mass is 418 g/mol. The van der Waals surface area contributed by atoms with E-state index in [1.807, 2.05) is 30.3 Å². The Kier molecular flexibility index (Phi) is 5.54. The standard InChI is InChI=1S/C22H15ClN4O3/c23-18-12-10-15(11-13-18)20(29)25-24-19(28)14-6-8-17(9-7-14)22-27-26-21(30-22)16-4-2-1-3-5-16/h1-13H,(H,24,28)(H,25,29). The van der Waals surface area contributed by atoms with Crippen LogP contribution in [0.1, 0.15) is 20.7 Å². The first-order valence-electron chi connectivity index (χ1n) is 8.96. The first-order chi connectivity index (χ1) is 14.6. The molecule has 1 aromatic heterocycles. The second-order valence-electron chi connectivity index (χ2n) is 6.27. The van der Waals surface area contributed by atoms with Gasteiger partial charge in [0.2, 0.25) is 11.8 Å². The normalized spacial score (nSPS) is 10.4. The third kappa shape index (κ3) is 4.37. The molecular formula is C22H15ClN4O3. The van der Waals surface area contributed by atoms with E-state index in [4.69, 9.17) is 16.0 Å². The first kappa shape index (κ1) is 19.4. The summed E-state index contributed by atoms with van der Waals surface area (Å²) in [6.07, 6.45) is 0. The maximum Gasteiger partial charge on any atom is 0.269 e. The van der Waals surface area contributed by atoms with Crippen molar-refractivity contribution in [2.24, 2.45) is 0 Å². The van der Waals surface area contributed by atoms with Gasteiger partial charge in [0.25, 0.3) is 11.8 Å². The topological polar surface area (TPSA) is 97.1 Å². The fourth-order valence-corrected chi connectivity index (χ4v) is 2.79. The number of amides is 2. The Labute approximate surface area is 176 Å². The van der Waals surface area contributed by atoms with Gasteiger partial charge < -0.3 is 4.42 Å². The molecule has 2 amide bonds. The van der Waals surface area contributed by atoms with Crippen LogP contribution in [0.4, 0.5) is 0 Å². The Morgan fingerprint density at radius 3 is 1.67 bits per heavy atom. The zero-order chi connectivity index (χ0) is 20.9. The van der Waals surface area contributed by atoms with E-state index < -0.39 is 11.8 Å². The molecule has 2 N–H and O–H groups in total. The molecule has 0 saturated carbocycles. The molecule has 3 aromatic carbocycles. The molecule has 0 fully saturated rings. The predicted octanol–water partition coefficient (Wildman–Crippen LogP) is 4.13. The molecule has 0 saturated heterocycles. The molecule has 8 heteroatoms. The Balaban J connectivity index is 1.39. The van der Waals surface area contributed by atoms with Crippen molar-refractivity contribution in [3.05, 3.63) is 95.0 Å². The van der Waals surface area contributed by atoms with Gasteiger partial charge in [-0.05, 0) is 60.7 Å². The maximum absolute atomic E-state index is 12.3. The molecular weight excluding hydrogens is 404 g/mol. The van der Waals surface area contributed by atoms with Crippen LogP contribution in [0, 0.1) is 0 Å². The maximum atomic E-state index is 12.3. The van der Waals surface area contributed by atoms with Crippen LogP contribution in [-0.2, 0) is 0 Å². The number of rotatable bonds is 4. The zero-order valence-corrected chi connectivity index (χ0v) is 16.3. The minimum atomic E-state index is -0.459. The average Bonchev–Trinajstić information content (AvgIpc) is 3.29. The summed E-state index contributed by atoms with van der Waals surface area (Å²) in [6.45, 7) is 0. The van der Waals surface area contributed by atoms with Crippen LogP contribution in [0.5, 0.6) is 0 Å². The van der Waals surface area contributed by atoms with Gasteiger partial charge in [0, 0.05) is 27.3 Å². The van der Waals surface area contributed by atoms with Crippen molar-refractivity contribution in [1.82, 2.24) is 21.0 Å². The van der Waals surface area contributed by atoms with Crippen molar-refractivity contribution >= 4 is 23.4 Å². The number of carbonyl (C=O) groups excluding carboxylic acids is 2. The largest absolute Gasteiger partial charge is 0.416 e. The number of halogens is 1. The number of nitrogens with zero attached hydrogens (tertiary/aromatic N) is 2. The van der Waals surface area contributed by atoms with E-state index in [0.717, 1.165) is 5.56 Å². The van der Waals surface area contributed by atoms with Crippen LogP contribution in [0.25, 0.3) is 22.9 Å². The molecule has 4 rings (SSSR count). The molecule has 0 aliphatic rings. The first-order valence-corrected chi connectivity index (χ1v) is 9.33. The molecule has 0 radical (unpaired) electrons. The van der Waals surface area contributed by atoms with Crippen LogP contribution in [0.2, 0.25) is 5.02 Å². The van der Waals surface area contributed by atoms with E-state index >= 15 is 0 Å². The van der Waals surface area contributed by atoms with E-state index in [1.165, 1.54) is 0 Å². The third-order valence-corrected chi connectivity index (χ3v) is 4.49. The summed E-state index contributed by atoms with van der Waals surface area (Å²) in [5.74, 6) is -0.149.